The van der Waals surface area contributed by atoms with Crippen LogP contribution in [0.1, 0.15) is 0 Å². The van der Waals surface area contributed by atoms with Gasteiger partial charge < -0.3 is 13.7 Å². The Hall–Kier alpha value is -2.43. The Morgan fingerprint density at radius 2 is 0.385 bits per heavy atom. The predicted molar refractivity (Wildman–Crippen MR) is 180 cm³/mol. The van der Waals surface area contributed by atoms with Crippen molar-refractivity contribution in [2.24, 2.45) is 0 Å². The van der Waals surface area contributed by atoms with Gasteiger partial charge in [0.2, 0.25) is 0 Å². The van der Waals surface area contributed by atoms with E-state index in [0.717, 1.165) is 0 Å². The standard InChI is InChI=1S/2C12H10.3C3H9OP/c2*1-3-7-11(8-4-1)12-9-5-2-6-10-12;3*1-5(2,3)4/h2*1-10H;3*1-3H3. The van der Waals surface area contributed by atoms with Gasteiger partial charge in [0.15, 0.2) is 0 Å². The summed E-state index contributed by atoms with van der Waals surface area (Å²) in [7, 11) is -4.92. The van der Waals surface area contributed by atoms with E-state index in [4.69, 9.17) is 0 Å². The van der Waals surface area contributed by atoms with Gasteiger partial charge in [0.25, 0.3) is 0 Å². The van der Waals surface area contributed by atoms with E-state index in [9.17, 15) is 13.7 Å². The molecule has 4 aromatic carbocycles. The van der Waals surface area contributed by atoms with Crippen LogP contribution in [0, 0.1) is 0 Å². The van der Waals surface area contributed by atoms with E-state index in [0.29, 0.717) is 0 Å². The third-order valence-corrected chi connectivity index (χ3v) is 3.76. The molecule has 0 fully saturated rings. The molecule has 0 amide bonds. The lowest BCUT2D eigenvalue weighted by molar-refractivity contribution is 0.585. The Balaban J connectivity index is 0.000000500. The maximum Gasteiger partial charge on any atom is 0.0790 e. The molecule has 4 rings (SSSR count). The van der Waals surface area contributed by atoms with Crippen LogP contribution in [0.25, 0.3) is 22.3 Å². The van der Waals surface area contributed by atoms with Crippen molar-refractivity contribution < 1.29 is 13.7 Å². The monoisotopic (exact) mass is 584 g/mol. The molecule has 0 aliphatic rings. The van der Waals surface area contributed by atoms with E-state index in [-0.39, 0.29) is 0 Å². The van der Waals surface area contributed by atoms with Gasteiger partial charge in [0.05, 0.1) is 21.4 Å². The van der Waals surface area contributed by atoms with Crippen LogP contribution in [0.3, 0.4) is 0 Å². The quantitative estimate of drug-likeness (QED) is 0.220. The molecule has 0 radical (unpaired) electrons. The molecule has 4 aromatic rings. The Morgan fingerprint density at radius 1 is 0.282 bits per heavy atom. The van der Waals surface area contributed by atoms with E-state index in [2.05, 4.69) is 97.1 Å². The summed E-state index contributed by atoms with van der Waals surface area (Å²) in [5.74, 6) is 0. The van der Waals surface area contributed by atoms with Crippen molar-refractivity contribution >= 4 is 21.4 Å². The van der Waals surface area contributed by atoms with Crippen LogP contribution in [0.15, 0.2) is 121 Å². The fourth-order valence-electron chi connectivity index (χ4n) is 2.52. The summed E-state index contributed by atoms with van der Waals surface area (Å²) in [6.07, 6.45) is 0. The summed E-state index contributed by atoms with van der Waals surface area (Å²) in [6.45, 7) is 15.7. The minimum atomic E-state index is -1.64. The highest BCUT2D eigenvalue weighted by atomic mass is 31.2. The van der Waals surface area contributed by atoms with Crippen LogP contribution < -0.4 is 0 Å². The first-order chi connectivity index (χ1) is 17.9. The molecule has 0 unspecified atom stereocenters. The summed E-state index contributed by atoms with van der Waals surface area (Å²) >= 11 is 0. The number of hydrogen-bond donors (Lipinski definition) is 0. The molecule has 0 heterocycles. The molecule has 0 spiro atoms. The highest BCUT2D eigenvalue weighted by molar-refractivity contribution is 7.62. The molecule has 0 bridgehead atoms. The van der Waals surface area contributed by atoms with E-state index in [1.807, 2.05) is 24.3 Å². The van der Waals surface area contributed by atoms with Crippen LogP contribution in [0.4, 0.5) is 0 Å². The van der Waals surface area contributed by atoms with E-state index >= 15 is 0 Å². The van der Waals surface area contributed by atoms with Crippen LogP contribution in [0.5, 0.6) is 0 Å². The molecule has 3 nitrogen and oxygen atoms in total. The largest absolute Gasteiger partial charge is 0.324 e. The van der Waals surface area contributed by atoms with Crippen molar-refractivity contribution in [1.29, 1.82) is 0 Å². The Morgan fingerprint density at radius 3 is 0.487 bits per heavy atom. The Labute approximate surface area is 238 Å². The molecule has 212 valence electrons. The minimum absolute atomic E-state index is 1.28. The van der Waals surface area contributed by atoms with Crippen molar-refractivity contribution in [2.45, 2.75) is 0 Å². The molecule has 6 heteroatoms. The molecular weight excluding hydrogens is 537 g/mol. The molecule has 0 atom stereocenters. The maximum absolute atomic E-state index is 10.2. The molecule has 0 saturated heterocycles. The average Bonchev–Trinajstić information content (AvgIpc) is 2.84. The average molecular weight is 585 g/mol. The van der Waals surface area contributed by atoms with Gasteiger partial charge in [0, 0.05) is 0 Å². The van der Waals surface area contributed by atoms with Gasteiger partial charge in [-0.15, -0.1) is 0 Å². The lowest BCUT2D eigenvalue weighted by Gasteiger charge is -1.98. The van der Waals surface area contributed by atoms with Crippen molar-refractivity contribution in [3.05, 3.63) is 121 Å². The summed E-state index contributed by atoms with van der Waals surface area (Å²) in [5.41, 5.74) is 5.10. The van der Waals surface area contributed by atoms with Crippen LogP contribution in [0.2, 0.25) is 0 Å². The molecule has 39 heavy (non-hydrogen) atoms. The first-order valence-corrected chi connectivity index (χ1v) is 21.9. The second-order valence-corrected chi connectivity index (χ2v) is 22.5. The number of rotatable bonds is 2. The molecule has 0 aromatic heterocycles. The van der Waals surface area contributed by atoms with Gasteiger partial charge in [-0.2, -0.15) is 0 Å². The third kappa shape index (κ3) is 28.4. The normalized spacial score (nSPS) is 10.5. The van der Waals surface area contributed by atoms with Gasteiger partial charge in [-0.3, -0.25) is 0 Å². The highest BCUT2D eigenvalue weighted by Crippen LogP contribution is 2.29. The van der Waals surface area contributed by atoms with Gasteiger partial charge in [-0.05, 0) is 82.2 Å². The van der Waals surface area contributed by atoms with Crippen LogP contribution in [-0.4, -0.2) is 60.0 Å². The van der Waals surface area contributed by atoms with Crippen molar-refractivity contribution in [3.8, 4) is 22.3 Å². The highest BCUT2D eigenvalue weighted by Gasteiger charge is 1.93. The number of hydrogen-bond acceptors (Lipinski definition) is 3. The van der Waals surface area contributed by atoms with E-state index in [1.54, 1.807) is 60.0 Å². The minimum Gasteiger partial charge on any atom is -0.324 e. The number of benzene rings is 4. The molecular formula is C33H47O3P3. The predicted octanol–water partition coefficient (Wildman–Crippen LogP) is 10.4. The SMILES string of the molecule is CP(C)(C)=O.CP(C)(C)=O.CP(C)(C)=O.c1ccc(-c2ccccc2)cc1.c1ccc(-c2ccccc2)cc1. The van der Waals surface area contributed by atoms with Crippen molar-refractivity contribution in [3.63, 3.8) is 0 Å². The molecule has 0 N–H and O–H groups in total. The van der Waals surface area contributed by atoms with Gasteiger partial charge in [-0.25, -0.2) is 0 Å². The first-order valence-electron chi connectivity index (χ1n) is 12.7. The zero-order chi connectivity index (χ0) is 30.0. The Kier molecular flexibility index (Phi) is 17.6. The zero-order valence-electron chi connectivity index (χ0n) is 25.1. The summed E-state index contributed by atoms with van der Waals surface area (Å²) < 4.78 is 30.6. The van der Waals surface area contributed by atoms with Crippen LogP contribution in [-0.2, 0) is 13.7 Å². The third-order valence-electron chi connectivity index (χ3n) is 3.76. The topological polar surface area (TPSA) is 51.2 Å². The Bertz CT molecular complexity index is 1070. The van der Waals surface area contributed by atoms with E-state index < -0.39 is 21.4 Å². The molecule has 0 aliphatic heterocycles. The van der Waals surface area contributed by atoms with Crippen molar-refractivity contribution in [1.82, 2.24) is 0 Å². The maximum atomic E-state index is 10.2. The van der Waals surface area contributed by atoms with Crippen LogP contribution >= 0.6 is 21.4 Å². The summed E-state index contributed by atoms with van der Waals surface area (Å²) in [4.78, 5) is 0. The van der Waals surface area contributed by atoms with Gasteiger partial charge in [0.1, 0.15) is 0 Å². The molecule has 0 aliphatic carbocycles. The lowest BCUT2D eigenvalue weighted by atomic mass is 10.1. The second kappa shape index (κ2) is 18.8. The zero-order valence-corrected chi connectivity index (χ0v) is 27.8. The van der Waals surface area contributed by atoms with Gasteiger partial charge >= 0.3 is 0 Å². The van der Waals surface area contributed by atoms with Gasteiger partial charge in [-0.1, -0.05) is 121 Å². The lowest BCUT2D eigenvalue weighted by Crippen LogP contribution is -1.73. The van der Waals surface area contributed by atoms with Crippen molar-refractivity contribution in [2.75, 3.05) is 60.0 Å². The smallest absolute Gasteiger partial charge is 0.0790 e. The first kappa shape index (κ1) is 36.6. The fraction of sp³-hybridized carbons (Fsp3) is 0.273. The second-order valence-electron chi connectivity index (χ2n) is 11.1. The fourth-order valence-corrected chi connectivity index (χ4v) is 2.52. The summed E-state index contributed by atoms with van der Waals surface area (Å²) in [6, 6.07) is 41.6. The molecule has 0 saturated carbocycles. The van der Waals surface area contributed by atoms with E-state index in [1.165, 1.54) is 22.3 Å². The summed E-state index contributed by atoms with van der Waals surface area (Å²) in [5, 5.41) is 0.